The molecule has 14 heteroatoms. The molecule has 0 spiro atoms. The SMILES string of the molecule is CC(C)c1ccc(C(=O)C2C(=O)C(=O)N(c3ncc(S(=O)(=O)c4ccc(N=O)cc4)s3)C2c2ccc(C(F)(F)F)cc2)cc1. The molecule has 1 saturated heterocycles. The first-order chi connectivity index (χ1) is 20.7. The Bertz CT molecular complexity index is 1870. The van der Waals surface area contributed by atoms with Gasteiger partial charge in [-0.05, 0) is 58.6 Å². The summed E-state index contributed by atoms with van der Waals surface area (Å²) in [5.41, 5.74) is 0.115. The fourth-order valence-corrected chi connectivity index (χ4v) is 7.40. The highest BCUT2D eigenvalue weighted by molar-refractivity contribution is 7.93. The van der Waals surface area contributed by atoms with Crippen molar-refractivity contribution in [2.75, 3.05) is 4.90 Å². The van der Waals surface area contributed by atoms with Gasteiger partial charge in [-0.3, -0.25) is 19.3 Å². The lowest BCUT2D eigenvalue weighted by Crippen LogP contribution is -2.30. The number of halogens is 3. The predicted octanol–water partition coefficient (Wildman–Crippen LogP) is 6.67. The van der Waals surface area contributed by atoms with E-state index in [2.05, 4.69) is 10.2 Å². The molecule has 2 unspecified atom stereocenters. The second-order valence-corrected chi connectivity index (χ2v) is 13.5. The fourth-order valence-electron chi connectivity index (χ4n) is 4.85. The van der Waals surface area contributed by atoms with Gasteiger partial charge < -0.3 is 0 Å². The number of amides is 1. The average molecular weight is 642 g/mol. The van der Waals surface area contributed by atoms with Crippen molar-refractivity contribution in [1.82, 2.24) is 4.98 Å². The molecule has 1 aliphatic rings. The third-order valence-corrected chi connectivity index (χ3v) is 10.5. The lowest BCUT2D eigenvalue weighted by molar-refractivity contribution is -0.137. The normalized spacial score (nSPS) is 17.4. The van der Waals surface area contributed by atoms with Gasteiger partial charge in [-0.2, -0.15) is 13.2 Å². The van der Waals surface area contributed by atoms with Crippen LogP contribution in [0.15, 0.2) is 93.3 Å². The zero-order chi connectivity index (χ0) is 32.0. The van der Waals surface area contributed by atoms with Crippen LogP contribution in [0.5, 0.6) is 0 Å². The number of anilines is 1. The minimum absolute atomic E-state index is 0.00376. The summed E-state index contributed by atoms with van der Waals surface area (Å²) in [5, 5.41) is 2.48. The third-order valence-electron chi connectivity index (χ3n) is 7.23. The van der Waals surface area contributed by atoms with Crippen LogP contribution in [0.25, 0.3) is 0 Å². The standard InChI is InChI=1S/C30H22F3N3O6S2/c1-16(2)17-3-5-19(6-4-17)26(37)24-25(18-7-9-20(10-8-18)30(31,32)33)36(28(39)27(24)38)29-34-15-23(43-29)44(41,42)22-13-11-21(35-40)12-14-22/h3-16,24-25H,1-2H3. The highest BCUT2D eigenvalue weighted by Crippen LogP contribution is 2.44. The number of Topliss-reactive ketones (excluding diaryl/α,β-unsaturated/α-hetero) is 2. The van der Waals surface area contributed by atoms with Crippen molar-refractivity contribution in [3.8, 4) is 0 Å². The number of rotatable bonds is 8. The molecule has 1 aliphatic heterocycles. The minimum Gasteiger partial charge on any atom is -0.293 e. The van der Waals surface area contributed by atoms with E-state index in [0.717, 1.165) is 40.9 Å². The molecule has 1 aromatic heterocycles. The maximum absolute atomic E-state index is 13.8. The molecule has 0 radical (unpaired) electrons. The molecule has 0 bridgehead atoms. The summed E-state index contributed by atoms with van der Waals surface area (Å²) in [4.78, 5) is 56.0. The van der Waals surface area contributed by atoms with Crippen LogP contribution in [0.4, 0.5) is 24.0 Å². The monoisotopic (exact) mass is 641 g/mol. The highest BCUT2D eigenvalue weighted by Gasteiger charge is 2.53. The van der Waals surface area contributed by atoms with Crippen molar-refractivity contribution in [3.05, 3.63) is 106 Å². The number of carbonyl (C=O) groups excluding carboxylic acids is 3. The summed E-state index contributed by atoms with van der Waals surface area (Å²) in [6.45, 7) is 3.91. The second kappa shape index (κ2) is 11.5. The van der Waals surface area contributed by atoms with E-state index in [9.17, 15) is 40.9 Å². The lowest BCUT2D eigenvalue weighted by atomic mass is 9.85. The van der Waals surface area contributed by atoms with Gasteiger partial charge >= 0.3 is 6.18 Å². The topological polar surface area (TPSA) is 131 Å². The highest BCUT2D eigenvalue weighted by atomic mass is 32.2. The molecule has 3 aromatic carbocycles. The number of ketones is 2. The summed E-state index contributed by atoms with van der Waals surface area (Å²) in [6, 6.07) is 13.5. The fraction of sp³-hybridized carbons (Fsp3) is 0.200. The summed E-state index contributed by atoms with van der Waals surface area (Å²) < 4.78 is 66.1. The van der Waals surface area contributed by atoms with Gasteiger partial charge in [-0.1, -0.05) is 61.6 Å². The molecule has 5 rings (SSSR count). The molecular weight excluding hydrogens is 619 g/mol. The van der Waals surface area contributed by atoms with Gasteiger partial charge in [0.2, 0.25) is 15.6 Å². The zero-order valence-corrected chi connectivity index (χ0v) is 24.6. The maximum atomic E-state index is 13.8. The summed E-state index contributed by atoms with van der Waals surface area (Å²) >= 11 is 0.546. The Kier molecular flexibility index (Phi) is 8.07. The van der Waals surface area contributed by atoms with E-state index in [1.165, 1.54) is 36.4 Å². The van der Waals surface area contributed by atoms with Crippen LogP contribution in [-0.2, 0) is 25.6 Å². The number of aromatic nitrogens is 1. The first-order valence-corrected chi connectivity index (χ1v) is 15.4. The summed E-state index contributed by atoms with van der Waals surface area (Å²) in [6.07, 6.45) is -3.69. The summed E-state index contributed by atoms with van der Waals surface area (Å²) in [5.74, 6) is -4.48. The average Bonchev–Trinajstić information content (AvgIpc) is 3.60. The van der Waals surface area contributed by atoms with E-state index in [0.29, 0.717) is 11.3 Å². The van der Waals surface area contributed by atoms with Crippen LogP contribution in [0.3, 0.4) is 0 Å². The number of benzene rings is 3. The van der Waals surface area contributed by atoms with Gasteiger partial charge in [0.1, 0.15) is 15.8 Å². The molecule has 44 heavy (non-hydrogen) atoms. The van der Waals surface area contributed by atoms with Crippen molar-refractivity contribution in [3.63, 3.8) is 0 Å². The van der Waals surface area contributed by atoms with Crippen LogP contribution >= 0.6 is 11.3 Å². The Hall–Kier alpha value is -4.56. The van der Waals surface area contributed by atoms with Gasteiger partial charge in [-0.25, -0.2) is 13.4 Å². The number of hydrogen-bond acceptors (Lipinski definition) is 9. The zero-order valence-electron chi connectivity index (χ0n) is 23.0. The molecular formula is C30H22F3N3O6S2. The second-order valence-electron chi connectivity index (χ2n) is 10.3. The predicted molar refractivity (Wildman–Crippen MR) is 154 cm³/mol. The number of alkyl halides is 3. The van der Waals surface area contributed by atoms with Crippen molar-refractivity contribution in [2.45, 2.75) is 41.1 Å². The smallest absolute Gasteiger partial charge is 0.293 e. The molecule has 0 saturated carbocycles. The molecule has 1 fully saturated rings. The molecule has 0 aliphatic carbocycles. The molecule has 226 valence electrons. The van der Waals surface area contributed by atoms with Gasteiger partial charge in [0.05, 0.1) is 22.7 Å². The Balaban J connectivity index is 1.59. The quantitative estimate of drug-likeness (QED) is 0.0909. The molecule has 0 N–H and O–H groups in total. The Morgan fingerprint density at radius 3 is 2.11 bits per heavy atom. The van der Waals surface area contributed by atoms with E-state index in [1.807, 2.05) is 13.8 Å². The number of carbonyl (C=O) groups is 3. The van der Waals surface area contributed by atoms with Crippen molar-refractivity contribution < 1.29 is 36.0 Å². The molecule has 9 nitrogen and oxygen atoms in total. The van der Waals surface area contributed by atoms with E-state index in [1.54, 1.807) is 12.1 Å². The molecule has 4 aromatic rings. The van der Waals surface area contributed by atoms with Crippen LogP contribution in [0, 0.1) is 10.8 Å². The van der Waals surface area contributed by atoms with Crippen LogP contribution in [0.1, 0.15) is 52.9 Å². The minimum atomic E-state index is -4.66. The van der Waals surface area contributed by atoms with Crippen LogP contribution in [-0.4, -0.2) is 30.9 Å². The van der Waals surface area contributed by atoms with Crippen molar-refractivity contribution >= 4 is 49.5 Å². The number of sulfone groups is 1. The molecule has 2 heterocycles. The largest absolute Gasteiger partial charge is 0.416 e. The van der Waals surface area contributed by atoms with Gasteiger partial charge in [0.15, 0.2) is 10.9 Å². The van der Waals surface area contributed by atoms with Gasteiger partial charge in [-0.15, -0.1) is 4.91 Å². The Morgan fingerprint density at radius 1 is 0.955 bits per heavy atom. The van der Waals surface area contributed by atoms with E-state index >= 15 is 0 Å². The van der Waals surface area contributed by atoms with Crippen molar-refractivity contribution in [2.24, 2.45) is 11.1 Å². The van der Waals surface area contributed by atoms with Crippen LogP contribution < -0.4 is 4.90 Å². The van der Waals surface area contributed by atoms with E-state index < -0.39 is 51.0 Å². The first-order valence-electron chi connectivity index (χ1n) is 13.1. The third kappa shape index (κ3) is 5.57. The first kappa shape index (κ1) is 30.9. The van der Waals surface area contributed by atoms with E-state index in [-0.39, 0.29) is 37.0 Å². The number of nitroso groups, excluding NO2 is 1. The van der Waals surface area contributed by atoms with Crippen molar-refractivity contribution in [1.29, 1.82) is 0 Å². The van der Waals surface area contributed by atoms with E-state index in [4.69, 9.17) is 0 Å². The lowest BCUT2D eigenvalue weighted by Gasteiger charge is -2.25. The van der Waals surface area contributed by atoms with Crippen LogP contribution in [0.2, 0.25) is 0 Å². The molecule has 2 atom stereocenters. The number of hydrogen-bond donors (Lipinski definition) is 0. The maximum Gasteiger partial charge on any atom is 0.416 e. The molecule has 1 amide bonds. The number of nitrogens with zero attached hydrogens (tertiary/aromatic N) is 3. The van der Waals surface area contributed by atoms with Gasteiger partial charge in [0.25, 0.3) is 5.91 Å². The Morgan fingerprint density at radius 2 is 1.57 bits per heavy atom. The van der Waals surface area contributed by atoms with Gasteiger partial charge in [0, 0.05) is 5.56 Å². The summed E-state index contributed by atoms with van der Waals surface area (Å²) in [7, 11) is -4.19. The number of thiazole rings is 1. The Labute approximate surface area is 253 Å².